The first-order valence-electron chi connectivity index (χ1n) is 5.52. The molecule has 19 heavy (non-hydrogen) atoms. The summed E-state index contributed by atoms with van der Waals surface area (Å²) in [6.45, 7) is 0.415. The second-order valence-electron chi connectivity index (χ2n) is 3.65. The number of esters is 1. The predicted molar refractivity (Wildman–Crippen MR) is 73.7 cm³/mol. The molecule has 0 spiro atoms. The van der Waals surface area contributed by atoms with Gasteiger partial charge >= 0.3 is 5.97 Å². The summed E-state index contributed by atoms with van der Waals surface area (Å²) in [6.07, 6.45) is 0. The molecule has 0 atom stereocenters. The second kappa shape index (κ2) is 7.75. The van der Waals surface area contributed by atoms with Crippen molar-refractivity contribution in [2.75, 3.05) is 32.6 Å². The fraction of sp³-hybridized carbons (Fsp3) is 0.333. The third kappa shape index (κ3) is 5.27. The van der Waals surface area contributed by atoms with Gasteiger partial charge in [0.15, 0.2) is 6.61 Å². The molecular weight excluding hydrogens is 316 g/mol. The number of hydrogen-bond donors (Lipinski definition) is 2. The molecule has 0 saturated carbocycles. The Morgan fingerprint density at radius 3 is 2.84 bits per heavy atom. The van der Waals surface area contributed by atoms with E-state index in [1.54, 1.807) is 18.2 Å². The topological polar surface area (TPSA) is 90.6 Å². The zero-order chi connectivity index (χ0) is 14.3. The summed E-state index contributed by atoms with van der Waals surface area (Å²) < 4.78 is 10.3. The standard InChI is InChI=1S/C12H15BrN2O4/c1-18-5-4-15-11(16)7-19-12(17)9-6-8(13)2-3-10(9)14/h2-3,6H,4-5,7,14H2,1H3,(H,15,16). The van der Waals surface area contributed by atoms with Gasteiger partial charge in [0.1, 0.15) is 0 Å². The molecule has 0 radical (unpaired) electrons. The molecule has 1 aromatic carbocycles. The first-order chi connectivity index (χ1) is 9.04. The molecule has 1 rings (SSSR count). The molecule has 0 aromatic heterocycles. The van der Waals surface area contributed by atoms with Gasteiger partial charge in [0.25, 0.3) is 5.91 Å². The number of nitrogens with one attached hydrogen (secondary N) is 1. The van der Waals surface area contributed by atoms with Crippen LogP contribution in [-0.4, -0.2) is 38.7 Å². The smallest absolute Gasteiger partial charge is 0.340 e. The zero-order valence-corrected chi connectivity index (χ0v) is 12.0. The number of hydrogen-bond acceptors (Lipinski definition) is 5. The Balaban J connectivity index is 2.47. The van der Waals surface area contributed by atoms with Crippen LogP contribution in [0.2, 0.25) is 0 Å². The van der Waals surface area contributed by atoms with Crippen LogP contribution in [0.3, 0.4) is 0 Å². The molecule has 3 N–H and O–H groups in total. The quantitative estimate of drug-likeness (QED) is 0.460. The number of benzene rings is 1. The van der Waals surface area contributed by atoms with Crippen LogP contribution in [0.5, 0.6) is 0 Å². The van der Waals surface area contributed by atoms with Gasteiger partial charge in [0.05, 0.1) is 12.2 Å². The van der Waals surface area contributed by atoms with Gasteiger partial charge in [-0.2, -0.15) is 0 Å². The molecule has 6 nitrogen and oxygen atoms in total. The molecule has 0 heterocycles. The van der Waals surface area contributed by atoms with Crippen LogP contribution >= 0.6 is 15.9 Å². The van der Waals surface area contributed by atoms with Gasteiger partial charge in [0, 0.05) is 23.8 Å². The third-order valence-corrected chi connectivity index (χ3v) is 2.69. The first-order valence-corrected chi connectivity index (χ1v) is 6.31. The Hall–Kier alpha value is -1.60. The maximum absolute atomic E-state index is 11.7. The second-order valence-corrected chi connectivity index (χ2v) is 4.57. The van der Waals surface area contributed by atoms with Crippen molar-refractivity contribution in [1.29, 1.82) is 0 Å². The number of rotatable bonds is 6. The molecule has 0 aliphatic heterocycles. The van der Waals surface area contributed by atoms with Crippen molar-refractivity contribution in [1.82, 2.24) is 5.32 Å². The number of carbonyl (C=O) groups is 2. The number of anilines is 1. The number of carbonyl (C=O) groups excluding carboxylic acids is 2. The molecular formula is C12H15BrN2O4. The lowest BCUT2D eigenvalue weighted by atomic mass is 10.2. The minimum absolute atomic E-state index is 0.221. The van der Waals surface area contributed by atoms with E-state index in [0.29, 0.717) is 23.3 Å². The summed E-state index contributed by atoms with van der Waals surface area (Å²) in [6, 6.07) is 4.84. The van der Waals surface area contributed by atoms with Gasteiger partial charge in [-0.1, -0.05) is 15.9 Å². The molecule has 0 aliphatic carbocycles. The molecule has 0 bridgehead atoms. The van der Waals surface area contributed by atoms with Crippen molar-refractivity contribution in [3.8, 4) is 0 Å². The van der Waals surface area contributed by atoms with Gasteiger partial charge < -0.3 is 20.5 Å². The molecule has 0 saturated heterocycles. The zero-order valence-electron chi connectivity index (χ0n) is 10.4. The van der Waals surface area contributed by atoms with Gasteiger partial charge in [0.2, 0.25) is 0 Å². The highest BCUT2D eigenvalue weighted by Gasteiger charge is 2.13. The summed E-state index contributed by atoms with van der Waals surface area (Å²) in [4.78, 5) is 23.0. The van der Waals surface area contributed by atoms with E-state index in [1.165, 1.54) is 7.11 Å². The summed E-state index contributed by atoms with van der Waals surface area (Å²) in [7, 11) is 1.53. The Labute approximate surface area is 119 Å². The van der Waals surface area contributed by atoms with Crippen molar-refractivity contribution in [3.63, 3.8) is 0 Å². The average Bonchev–Trinajstić information content (AvgIpc) is 2.39. The monoisotopic (exact) mass is 330 g/mol. The van der Waals surface area contributed by atoms with E-state index in [4.69, 9.17) is 15.2 Å². The molecule has 1 aromatic rings. The molecule has 7 heteroatoms. The van der Waals surface area contributed by atoms with E-state index >= 15 is 0 Å². The maximum atomic E-state index is 11.7. The Morgan fingerprint density at radius 2 is 2.16 bits per heavy atom. The van der Waals surface area contributed by atoms with Gasteiger partial charge in [-0.15, -0.1) is 0 Å². The molecule has 0 aliphatic rings. The van der Waals surface area contributed by atoms with E-state index in [1.807, 2.05) is 0 Å². The maximum Gasteiger partial charge on any atom is 0.340 e. The fourth-order valence-corrected chi connectivity index (χ4v) is 1.62. The van der Waals surface area contributed by atoms with Crippen molar-refractivity contribution >= 4 is 33.5 Å². The molecule has 104 valence electrons. The number of nitrogens with two attached hydrogens (primary N) is 1. The number of amides is 1. The van der Waals surface area contributed by atoms with E-state index < -0.39 is 5.97 Å². The van der Waals surface area contributed by atoms with Crippen LogP contribution in [0.1, 0.15) is 10.4 Å². The van der Waals surface area contributed by atoms with Gasteiger partial charge in [-0.05, 0) is 18.2 Å². The highest BCUT2D eigenvalue weighted by molar-refractivity contribution is 9.10. The lowest BCUT2D eigenvalue weighted by Crippen LogP contribution is -2.31. The van der Waals surface area contributed by atoms with E-state index in [2.05, 4.69) is 21.2 Å². The van der Waals surface area contributed by atoms with Crippen LogP contribution in [0.25, 0.3) is 0 Å². The van der Waals surface area contributed by atoms with E-state index in [9.17, 15) is 9.59 Å². The Kier molecular flexibility index (Phi) is 6.31. The number of halogens is 1. The summed E-state index contributed by atoms with van der Waals surface area (Å²) in [5.41, 5.74) is 6.18. The van der Waals surface area contributed by atoms with Crippen LogP contribution in [0.4, 0.5) is 5.69 Å². The first kappa shape index (κ1) is 15.5. The SMILES string of the molecule is COCCNC(=O)COC(=O)c1cc(Br)ccc1N. The number of nitrogen functional groups attached to an aromatic ring is 1. The summed E-state index contributed by atoms with van der Waals surface area (Å²) in [5, 5.41) is 2.53. The highest BCUT2D eigenvalue weighted by Crippen LogP contribution is 2.19. The minimum atomic E-state index is -0.638. The Bertz CT molecular complexity index is 465. The van der Waals surface area contributed by atoms with Crippen LogP contribution in [0.15, 0.2) is 22.7 Å². The van der Waals surface area contributed by atoms with E-state index in [0.717, 1.165) is 0 Å². The van der Waals surface area contributed by atoms with Crippen molar-refractivity contribution in [2.24, 2.45) is 0 Å². The molecule has 1 amide bonds. The van der Waals surface area contributed by atoms with Crippen LogP contribution in [0, 0.1) is 0 Å². The van der Waals surface area contributed by atoms with Crippen LogP contribution in [-0.2, 0) is 14.3 Å². The molecule has 0 unspecified atom stereocenters. The predicted octanol–water partition coefficient (Wildman–Crippen LogP) is 0.951. The van der Waals surface area contributed by atoms with Crippen molar-refractivity contribution < 1.29 is 19.1 Å². The average molecular weight is 331 g/mol. The lowest BCUT2D eigenvalue weighted by molar-refractivity contribution is -0.124. The largest absolute Gasteiger partial charge is 0.452 e. The summed E-state index contributed by atoms with van der Waals surface area (Å²) in [5.74, 6) is -1.03. The van der Waals surface area contributed by atoms with Gasteiger partial charge in [-0.3, -0.25) is 4.79 Å². The normalized spacial score (nSPS) is 10.0. The lowest BCUT2D eigenvalue weighted by Gasteiger charge is -2.08. The minimum Gasteiger partial charge on any atom is -0.452 e. The fourth-order valence-electron chi connectivity index (χ4n) is 1.26. The Morgan fingerprint density at radius 1 is 1.42 bits per heavy atom. The van der Waals surface area contributed by atoms with Crippen molar-refractivity contribution in [3.05, 3.63) is 28.2 Å². The van der Waals surface area contributed by atoms with Crippen molar-refractivity contribution in [2.45, 2.75) is 0 Å². The van der Waals surface area contributed by atoms with Crippen LogP contribution < -0.4 is 11.1 Å². The molecule has 0 fully saturated rings. The third-order valence-electron chi connectivity index (χ3n) is 2.20. The highest BCUT2D eigenvalue weighted by atomic mass is 79.9. The van der Waals surface area contributed by atoms with E-state index in [-0.39, 0.29) is 18.1 Å². The summed E-state index contributed by atoms with van der Waals surface area (Å²) >= 11 is 3.23. The number of methoxy groups -OCH3 is 1. The van der Waals surface area contributed by atoms with Gasteiger partial charge in [-0.25, -0.2) is 4.79 Å². The number of ether oxygens (including phenoxy) is 2.